The molecule has 170 valence electrons. The number of nitrogens with zero attached hydrogens (tertiary/aromatic N) is 5. The third kappa shape index (κ3) is 4.99. The monoisotopic (exact) mass is 491 g/mol. The van der Waals surface area contributed by atoms with Crippen LogP contribution in [-0.2, 0) is 0 Å². The SMILES string of the molecule is C=C(C#CC1CC1)S/C(=N\N)NC(=O)c1cc2ncc(C#N)n2cc1-c1cc(Cl)ncc1OC. The number of thioether (sulfide) groups is 1. The molecule has 1 amide bonds. The van der Waals surface area contributed by atoms with Crippen LogP contribution < -0.4 is 15.9 Å². The summed E-state index contributed by atoms with van der Waals surface area (Å²) < 4.78 is 7.00. The maximum absolute atomic E-state index is 13.4. The molecule has 0 saturated heterocycles. The van der Waals surface area contributed by atoms with Crippen LogP contribution in [0.2, 0.25) is 5.15 Å². The van der Waals surface area contributed by atoms with E-state index in [9.17, 15) is 10.1 Å². The lowest BCUT2D eigenvalue weighted by molar-refractivity contribution is 0.0978. The molecule has 1 aliphatic carbocycles. The highest BCUT2D eigenvalue weighted by atomic mass is 35.5. The van der Waals surface area contributed by atoms with E-state index < -0.39 is 5.91 Å². The molecule has 0 aliphatic heterocycles. The fourth-order valence-corrected chi connectivity index (χ4v) is 3.80. The molecule has 0 bridgehead atoms. The number of carbonyl (C=O) groups excluding carboxylic acids is 1. The number of imidazole rings is 1. The van der Waals surface area contributed by atoms with Crippen molar-refractivity contribution in [3.8, 4) is 34.8 Å². The van der Waals surface area contributed by atoms with Crippen LogP contribution in [-0.4, -0.2) is 32.6 Å². The zero-order valence-corrected chi connectivity index (χ0v) is 19.6. The molecule has 0 atom stereocenters. The lowest BCUT2D eigenvalue weighted by Gasteiger charge is -2.14. The number of carbonyl (C=O) groups is 1. The minimum Gasteiger partial charge on any atom is -0.494 e. The van der Waals surface area contributed by atoms with Crippen molar-refractivity contribution in [1.29, 1.82) is 5.26 Å². The number of rotatable bonds is 4. The first-order valence-electron chi connectivity index (χ1n) is 10.0. The van der Waals surface area contributed by atoms with Gasteiger partial charge in [-0.25, -0.2) is 9.97 Å². The number of nitrogens with one attached hydrogen (secondary N) is 1. The average Bonchev–Trinajstić information content (AvgIpc) is 3.59. The second kappa shape index (κ2) is 9.87. The van der Waals surface area contributed by atoms with Crippen LogP contribution in [0.15, 0.2) is 47.3 Å². The zero-order chi connectivity index (χ0) is 24.2. The van der Waals surface area contributed by atoms with Gasteiger partial charge >= 0.3 is 0 Å². The van der Waals surface area contributed by atoms with Gasteiger partial charge in [0.25, 0.3) is 5.91 Å². The Kier molecular flexibility index (Phi) is 6.73. The molecule has 4 rings (SSSR count). The molecule has 1 saturated carbocycles. The van der Waals surface area contributed by atoms with E-state index in [-0.39, 0.29) is 15.9 Å². The molecule has 3 aromatic rings. The molecule has 3 heterocycles. The highest BCUT2D eigenvalue weighted by molar-refractivity contribution is 8.17. The third-order valence-electron chi connectivity index (χ3n) is 4.90. The van der Waals surface area contributed by atoms with E-state index in [4.69, 9.17) is 22.2 Å². The predicted molar refractivity (Wildman–Crippen MR) is 131 cm³/mol. The maximum atomic E-state index is 13.4. The van der Waals surface area contributed by atoms with E-state index >= 15 is 0 Å². The van der Waals surface area contributed by atoms with E-state index in [2.05, 4.69) is 44.9 Å². The van der Waals surface area contributed by atoms with Crippen molar-refractivity contribution in [3.63, 3.8) is 0 Å². The van der Waals surface area contributed by atoms with Crippen LogP contribution in [0.25, 0.3) is 16.8 Å². The Bertz CT molecular complexity index is 1440. The highest BCUT2D eigenvalue weighted by Gasteiger charge is 2.22. The molecule has 3 aromatic heterocycles. The van der Waals surface area contributed by atoms with E-state index in [0.29, 0.717) is 39.0 Å². The number of aromatic nitrogens is 3. The molecular formula is C23H18ClN7O2S. The summed E-state index contributed by atoms with van der Waals surface area (Å²) in [4.78, 5) is 22.1. The van der Waals surface area contributed by atoms with Gasteiger partial charge in [-0.15, -0.1) is 0 Å². The lowest BCUT2D eigenvalue weighted by atomic mass is 10.0. The van der Waals surface area contributed by atoms with E-state index in [1.807, 2.05) is 0 Å². The predicted octanol–water partition coefficient (Wildman–Crippen LogP) is 3.55. The number of nitriles is 1. The minimum atomic E-state index is -0.506. The summed E-state index contributed by atoms with van der Waals surface area (Å²) in [5.41, 5.74) is 1.88. The van der Waals surface area contributed by atoms with Crippen LogP contribution in [0.1, 0.15) is 28.9 Å². The van der Waals surface area contributed by atoms with Gasteiger partial charge in [0.05, 0.1) is 30.0 Å². The molecular weight excluding hydrogens is 474 g/mol. The number of nitrogens with two attached hydrogens (primary N) is 1. The topological polar surface area (TPSA) is 131 Å². The molecule has 11 heteroatoms. The number of halogens is 1. The molecule has 3 N–H and O–H groups in total. The smallest absolute Gasteiger partial charge is 0.258 e. The van der Waals surface area contributed by atoms with Gasteiger partial charge in [-0.3, -0.25) is 14.5 Å². The first-order valence-corrected chi connectivity index (χ1v) is 11.2. The van der Waals surface area contributed by atoms with Gasteiger partial charge in [0.15, 0.2) is 5.17 Å². The zero-order valence-electron chi connectivity index (χ0n) is 18.0. The van der Waals surface area contributed by atoms with Gasteiger partial charge in [-0.2, -0.15) is 10.4 Å². The third-order valence-corrected chi connectivity index (χ3v) is 5.86. The quantitative estimate of drug-likeness (QED) is 0.142. The number of fused-ring (bicyclic) bond motifs is 1. The van der Waals surface area contributed by atoms with Crippen molar-refractivity contribution in [2.75, 3.05) is 7.11 Å². The molecule has 34 heavy (non-hydrogen) atoms. The summed E-state index contributed by atoms with van der Waals surface area (Å²) in [6, 6.07) is 5.20. The highest BCUT2D eigenvalue weighted by Crippen LogP contribution is 2.34. The first-order chi connectivity index (χ1) is 16.4. The van der Waals surface area contributed by atoms with Gasteiger partial charge < -0.3 is 10.6 Å². The average molecular weight is 492 g/mol. The van der Waals surface area contributed by atoms with Crippen molar-refractivity contribution in [2.24, 2.45) is 16.9 Å². The summed E-state index contributed by atoms with van der Waals surface area (Å²) in [5.74, 6) is 11.9. The van der Waals surface area contributed by atoms with Gasteiger partial charge in [-0.1, -0.05) is 30.0 Å². The molecule has 0 radical (unpaired) electrons. The fourth-order valence-electron chi connectivity index (χ4n) is 3.10. The second-order valence-electron chi connectivity index (χ2n) is 7.25. The Morgan fingerprint density at radius 2 is 2.18 bits per heavy atom. The fraction of sp³-hybridized carbons (Fsp3) is 0.174. The normalized spacial score (nSPS) is 13.0. The summed E-state index contributed by atoms with van der Waals surface area (Å²) in [6.07, 6.45) is 6.68. The number of hydrogen-bond donors (Lipinski definition) is 2. The molecule has 0 spiro atoms. The number of pyridine rings is 2. The van der Waals surface area contributed by atoms with Crippen LogP contribution in [0.4, 0.5) is 0 Å². The summed E-state index contributed by atoms with van der Waals surface area (Å²) in [5, 5.41) is 16.1. The second-order valence-corrected chi connectivity index (χ2v) is 8.72. The maximum Gasteiger partial charge on any atom is 0.258 e. The number of hydrazone groups is 1. The van der Waals surface area contributed by atoms with Crippen LogP contribution in [0.5, 0.6) is 5.75 Å². The first kappa shape index (κ1) is 23.2. The number of hydrogen-bond acceptors (Lipinski definition) is 8. The van der Waals surface area contributed by atoms with Crippen molar-refractivity contribution in [1.82, 2.24) is 19.7 Å². The van der Waals surface area contributed by atoms with Crippen LogP contribution in [0, 0.1) is 29.1 Å². The van der Waals surface area contributed by atoms with Crippen molar-refractivity contribution in [2.45, 2.75) is 12.8 Å². The Balaban J connectivity index is 1.73. The summed E-state index contributed by atoms with van der Waals surface area (Å²) in [6.45, 7) is 3.89. The van der Waals surface area contributed by atoms with Crippen LogP contribution >= 0.6 is 23.4 Å². The van der Waals surface area contributed by atoms with Gasteiger partial charge in [0.1, 0.15) is 28.3 Å². The number of amides is 1. The number of amidine groups is 1. The van der Waals surface area contributed by atoms with Crippen LogP contribution in [0.3, 0.4) is 0 Å². The van der Waals surface area contributed by atoms with E-state index in [1.54, 1.807) is 22.7 Å². The molecule has 1 aliphatic rings. The molecule has 0 aromatic carbocycles. The Labute approximate surface area is 204 Å². The number of ether oxygens (including phenoxy) is 1. The standard InChI is InChI=1S/C23H18ClN7O2S/c1-13(3-4-14-5-6-14)34-23(30-26)29-22(32)17-8-21-28-10-15(9-25)31(21)12-18(17)16-7-20(24)27-11-19(16)33-2/h7-8,10-12,14H,1,5-6,26H2,2H3,(H,29,30,32). The molecule has 0 unspecified atom stereocenters. The van der Waals surface area contributed by atoms with Gasteiger partial charge in [0, 0.05) is 23.2 Å². The van der Waals surface area contributed by atoms with Crippen molar-refractivity contribution in [3.05, 3.63) is 58.6 Å². The number of allylic oxidation sites excluding steroid dienone is 1. The summed E-state index contributed by atoms with van der Waals surface area (Å²) >= 11 is 7.20. The lowest BCUT2D eigenvalue weighted by Crippen LogP contribution is -2.30. The van der Waals surface area contributed by atoms with Crippen molar-refractivity contribution >= 4 is 40.1 Å². The number of methoxy groups -OCH3 is 1. The van der Waals surface area contributed by atoms with Crippen molar-refractivity contribution < 1.29 is 9.53 Å². The Morgan fingerprint density at radius 3 is 2.85 bits per heavy atom. The van der Waals surface area contributed by atoms with Gasteiger partial charge in [0.2, 0.25) is 0 Å². The van der Waals surface area contributed by atoms with E-state index in [1.165, 1.54) is 19.5 Å². The Morgan fingerprint density at radius 1 is 1.38 bits per heavy atom. The Hall–Kier alpha value is -3.99. The molecule has 9 nitrogen and oxygen atoms in total. The van der Waals surface area contributed by atoms with Gasteiger partial charge in [-0.05, 0) is 36.7 Å². The minimum absolute atomic E-state index is 0.131. The summed E-state index contributed by atoms with van der Waals surface area (Å²) in [7, 11) is 1.48. The molecule has 1 fully saturated rings. The largest absolute Gasteiger partial charge is 0.494 e. The van der Waals surface area contributed by atoms with E-state index in [0.717, 1.165) is 24.6 Å².